The standard InChI is InChI=1S/C16H16N2OS/c1-2-4-15-13(3-1)18-16(20-15)9-11-7-8-19-14(11)10-17-12-5-6-12/h1-4,7-8,12,17H,5-6,9-10H2. The van der Waals surface area contributed by atoms with Crippen molar-refractivity contribution < 1.29 is 4.42 Å². The Hall–Kier alpha value is -1.65. The minimum atomic E-state index is 0.704. The number of furan rings is 1. The molecule has 3 nitrogen and oxygen atoms in total. The molecule has 0 atom stereocenters. The second kappa shape index (κ2) is 5.04. The average Bonchev–Trinajstić information content (AvgIpc) is 3.04. The van der Waals surface area contributed by atoms with E-state index in [1.54, 1.807) is 17.6 Å². The fraction of sp³-hybridized carbons (Fsp3) is 0.312. The van der Waals surface area contributed by atoms with Gasteiger partial charge in [-0.1, -0.05) is 12.1 Å². The van der Waals surface area contributed by atoms with Crippen LogP contribution in [0.1, 0.15) is 29.2 Å². The molecule has 1 N–H and O–H groups in total. The molecule has 102 valence electrons. The number of hydrogen-bond donors (Lipinski definition) is 1. The van der Waals surface area contributed by atoms with E-state index in [2.05, 4.69) is 29.6 Å². The quantitative estimate of drug-likeness (QED) is 0.775. The van der Waals surface area contributed by atoms with Gasteiger partial charge in [-0.05, 0) is 31.0 Å². The molecule has 3 aromatic rings. The largest absolute Gasteiger partial charge is 0.468 e. The highest BCUT2D eigenvalue weighted by molar-refractivity contribution is 7.18. The van der Waals surface area contributed by atoms with E-state index in [-0.39, 0.29) is 0 Å². The summed E-state index contributed by atoms with van der Waals surface area (Å²) < 4.78 is 6.86. The molecule has 0 bridgehead atoms. The highest BCUT2D eigenvalue weighted by Crippen LogP contribution is 2.25. The van der Waals surface area contributed by atoms with Crippen LogP contribution in [0.15, 0.2) is 41.0 Å². The number of fused-ring (bicyclic) bond motifs is 1. The first-order valence-electron chi connectivity index (χ1n) is 7.01. The van der Waals surface area contributed by atoms with Crippen LogP contribution in [0.4, 0.5) is 0 Å². The maximum absolute atomic E-state index is 5.60. The predicted octanol–water partition coefficient (Wildman–Crippen LogP) is 3.73. The van der Waals surface area contributed by atoms with Crippen LogP contribution in [0, 0.1) is 0 Å². The Balaban J connectivity index is 1.53. The SMILES string of the molecule is c1ccc2sc(Cc3ccoc3CNC3CC3)nc2c1. The van der Waals surface area contributed by atoms with Crippen LogP contribution in [0.3, 0.4) is 0 Å². The Kier molecular flexibility index (Phi) is 3.05. The van der Waals surface area contributed by atoms with Crippen molar-refractivity contribution in [2.45, 2.75) is 31.8 Å². The maximum atomic E-state index is 5.60. The molecule has 0 amide bonds. The van der Waals surface area contributed by atoms with Gasteiger partial charge in [0.25, 0.3) is 0 Å². The molecule has 4 heteroatoms. The molecule has 20 heavy (non-hydrogen) atoms. The van der Waals surface area contributed by atoms with Crippen molar-refractivity contribution in [3.8, 4) is 0 Å². The van der Waals surface area contributed by atoms with Crippen LogP contribution in [-0.4, -0.2) is 11.0 Å². The third-order valence-corrected chi connectivity index (χ3v) is 4.68. The molecule has 1 aliphatic carbocycles. The Morgan fingerprint density at radius 3 is 3.00 bits per heavy atom. The molecule has 0 spiro atoms. The normalized spacial score (nSPS) is 15.0. The molecule has 0 radical (unpaired) electrons. The van der Waals surface area contributed by atoms with Gasteiger partial charge in [0.2, 0.25) is 0 Å². The summed E-state index contributed by atoms with van der Waals surface area (Å²) in [5.41, 5.74) is 2.34. The van der Waals surface area contributed by atoms with Gasteiger partial charge in [-0.2, -0.15) is 0 Å². The van der Waals surface area contributed by atoms with Crippen LogP contribution in [0.2, 0.25) is 0 Å². The number of benzene rings is 1. The molecular formula is C16H16N2OS. The van der Waals surface area contributed by atoms with Crippen LogP contribution in [0.5, 0.6) is 0 Å². The van der Waals surface area contributed by atoms with Crippen LogP contribution in [0.25, 0.3) is 10.2 Å². The number of rotatable bonds is 5. The number of nitrogens with zero attached hydrogens (tertiary/aromatic N) is 1. The summed E-state index contributed by atoms with van der Waals surface area (Å²) in [5.74, 6) is 1.05. The van der Waals surface area contributed by atoms with Gasteiger partial charge >= 0.3 is 0 Å². The number of hydrogen-bond acceptors (Lipinski definition) is 4. The second-order valence-corrected chi connectivity index (χ2v) is 6.39. The van der Waals surface area contributed by atoms with E-state index in [1.807, 2.05) is 6.07 Å². The fourth-order valence-corrected chi connectivity index (χ4v) is 3.35. The van der Waals surface area contributed by atoms with Crippen LogP contribution < -0.4 is 5.32 Å². The number of para-hydroxylation sites is 1. The lowest BCUT2D eigenvalue weighted by atomic mass is 10.2. The van der Waals surface area contributed by atoms with Gasteiger partial charge in [-0.3, -0.25) is 0 Å². The molecule has 1 saturated carbocycles. The highest BCUT2D eigenvalue weighted by atomic mass is 32.1. The topological polar surface area (TPSA) is 38.1 Å². The lowest BCUT2D eigenvalue weighted by molar-refractivity contribution is 0.478. The van der Waals surface area contributed by atoms with Gasteiger partial charge in [0, 0.05) is 18.0 Å². The van der Waals surface area contributed by atoms with E-state index in [1.165, 1.54) is 23.1 Å². The minimum Gasteiger partial charge on any atom is -0.468 e. The summed E-state index contributed by atoms with van der Waals surface area (Å²) in [7, 11) is 0. The highest BCUT2D eigenvalue weighted by Gasteiger charge is 2.21. The van der Waals surface area contributed by atoms with Crippen molar-refractivity contribution in [1.29, 1.82) is 0 Å². The molecule has 4 rings (SSSR count). The number of nitrogens with one attached hydrogen (secondary N) is 1. The van der Waals surface area contributed by atoms with E-state index in [9.17, 15) is 0 Å². The first kappa shape index (κ1) is 12.1. The number of aromatic nitrogens is 1. The average molecular weight is 284 g/mol. The monoisotopic (exact) mass is 284 g/mol. The van der Waals surface area contributed by atoms with Gasteiger partial charge in [-0.15, -0.1) is 11.3 Å². The van der Waals surface area contributed by atoms with E-state index in [4.69, 9.17) is 9.40 Å². The van der Waals surface area contributed by atoms with Crippen molar-refractivity contribution >= 4 is 21.6 Å². The third-order valence-electron chi connectivity index (χ3n) is 3.65. The van der Waals surface area contributed by atoms with Crippen molar-refractivity contribution in [2.24, 2.45) is 0 Å². The fourth-order valence-electron chi connectivity index (χ4n) is 2.36. The molecular weight excluding hydrogens is 268 g/mol. The smallest absolute Gasteiger partial charge is 0.121 e. The second-order valence-electron chi connectivity index (χ2n) is 5.28. The van der Waals surface area contributed by atoms with Gasteiger partial charge in [0.1, 0.15) is 5.76 Å². The first-order chi connectivity index (χ1) is 9.88. The summed E-state index contributed by atoms with van der Waals surface area (Å²) in [6.45, 7) is 0.831. The van der Waals surface area contributed by atoms with E-state index in [0.29, 0.717) is 6.04 Å². The van der Waals surface area contributed by atoms with Gasteiger partial charge in [0.05, 0.1) is 28.0 Å². The number of thiazole rings is 1. The summed E-state index contributed by atoms with van der Waals surface area (Å²) >= 11 is 1.77. The van der Waals surface area contributed by atoms with Crippen LogP contribution in [-0.2, 0) is 13.0 Å². The molecule has 0 saturated heterocycles. The zero-order chi connectivity index (χ0) is 13.4. The predicted molar refractivity (Wildman–Crippen MR) is 81.0 cm³/mol. The molecule has 2 heterocycles. The summed E-state index contributed by atoms with van der Waals surface area (Å²) in [5, 5.41) is 4.65. The summed E-state index contributed by atoms with van der Waals surface area (Å²) in [4.78, 5) is 4.69. The minimum absolute atomic E-state index is 0.704. The maximum Gasteiger partial charge on any atom is 0.121 e. The van der Waals surface area contributed by atoms with Crippen molar-refractivity contribution in [3.05, 3.63) is 52.9 Å². The van der Waals surface area contributed by atoms with E-state index in [0.717, 1.165) is 29.3 Å². The van der Waals surface area contributed by atoms with Crippen molar-refractivity contribution in [2.75, 3.05) is 0 Å². The molecule has 0 aliphatic heterocycles. The van der Waals surface area contributed by atoms with Gasteiger partial charge in [-0.25, -0.2) is 4.98 Å². The van der Waals surface area contributed by atoms with Crippen molar-refractivity contribution in [3.63, 3.8) is 0 Å². The summed E-state index contributed by atoms with van der Waals surface area (Å²) in [6.07, 6.45) is 5.24. The molecule has 1 fully saturated rings. The zero-order valence-electron chi connectivity index (χ0n) is 11.1. The first-order valence-corrected chi connectivity index (χ1v) is 7.83. The van der Waals surface area contributed by atoms with Crippen molar-refractivity contribution in [1.82, 2.24) is 10.3 Å². The lowest BCUT2D eigenvalue weighted by Gasteiger charge is -2.02. The van der Waals surface area contributed by atoms with Gasteiger partial charge < -0.3 is 9.73 Å². The Morgan fingerprint density at radius 1 is 1.25 bits per heavy atom. The molecule has 0 unspecified atom stereocenters. The molecule has 2 aromatic heterocycles. The zero-order valence-corrected chi connectivity index (χ0v) is 12.0. The molecule has 1 aliphatic rings. The third kappa shape index (κ3) is 2.49. The van der Waals surface area contributed by atoms with E-state index < -0.39 is 0 Å². The van der Waals surface area contributed by atoms with E-state index >= 15 is 0 Å². The Bertz CT molecular complexity index is 694. The van der Waals surface area contributed by atoms with Gasteiger partial charge in [0.15, 0.2) is 0 Å². The molecule has 1 aromatic carbocycles. The lowest BCUT2D eigenvalue weighted by Crippen LogP contribution is -2.15. The Morgan fingerprint density at radius 2 is 2.15 bits per heavy atom. The summed E-state index contributed by atoms with van der Waals surface area (Å²) in [6, 6.07) is 11.1. The Labute approximate surface area is 121 Å². The van der Waals surface area contributed by atoms with Crippen LogP contribution >= 0.6 is 11.3 Å².